The molecule has 1 rings (SSSR count). The highest BCUT2D eigenvalue weighted by molar-refractivity contribution is 5.69. The summed E-state index contributed by atoms with van der Waals surface area (Å²) in [7, 11) is 1.56. The van der Waals surface area contributed by atoms with Gasteiger partial charge in [-0.05, 0) is 38.5 Å². The number of benzene rings is 1. The van der Waals surface area contributed by atoms with Crippen LogP contribution in [0.2, 0.25) is 0 Å². The second kappa shape index (κ2) is 6.93. The number of hydrogen-bond donors (Lipinski definition) is 1. The molecule has 0 saturated carbocycles. The quantitative estimate of drug-likeness (QED) is 0.842. The average molecular weight is 279 g/mol. The minimum atomic E-state index is -0.579. The number of carbonyl (C=O) groups is 2. The Balaban J connectivity index is 2.82. The van der Waals surface area contributed by atoms with Gasteiger partial charge in [-0.1, -0.05) is 12.1 Å². The van der Waals surface area contributed by atoms with E-state index in [1.54, 1.807) is 40.0 Å². The standard InChI is InChI=1S/C15H21NO4/c1-15(2,3)20-14(18)16-13(8-9-17)11-6-5-7-12(10-11)19-4/h5-7,9-10,13H,8H2,1-4H3,(H,16,18). The average Bonchev–Trinajstić information content (AvgIpc) is 2.36. The van der Waals surface area contributed by atoms with Crippen LogP contribution in [0.1, 0.15) is 38.8 Å². The molecular formula is C15H21NO4. The number of rotatable bonds is 5. The van der Waals surface area contributed by atoms with Crippen molar-refractivity contribution in [2.75, 3.05) is 7.11 Å². The summed E-state index contributed by atoms with van der Waals surface area (Å²) in [5.74, 6) is 0.671. The molecule has 0 aliphatic rings. The summed E-state index contributed by atoms with van der Waals surface area (Å²) in [4.78, 5) is 22.6. The maximum absolute atomic E-state index is 11.8. The van der Waals surface area contributed by atoms with Crippen molar-refractivity contribution >= 4 is 12.4 Å². The Morgan fingerprint density at radius 3 is 2.65 bits per heavy atom. The van der Waals surface area contributed by atoms with E-state index < -0.39 is 17.7 Å². The zero-order valence-electron chi connectivity index (χ0n) is 12.3. The number of aldehydes is 1. The van der Waals surface area contributed by atoms with Crippen LogP contribution in [0.15, 0.2) is 24.3 Å². The molecule has 5 heteroatoms. The molecule has 0 saturated heterocycles. The van der Waals surface area contributed by atoms with Crippen molar-refractivity contribution < 1.29 is 19.1 Å². The third kappa shape index (κ3) is 5.30. The normalized spacial score (nSPS) is 12.4. The maximum atomic E-state index is 11.8. The molecule has 1 unspecified atom stereocenters. The summed E-state index contributed by atoms with van der Waals surface area (Å²) in [5, 5.41) is 2.69. The van der Waals surface area contributed by atoms with Gasteiger partial charge < -0.3 is 19.6 Å². The van der Waals surface area contributed by atoms with E-state index in [0.29, 0.717) is 5.75 Å². The van der Waals surface area contributed by atoms with Crippen molar-refractivity contribution in [1.29, 1.82) is 0 Å². The van der Waals surface area contributed by atoms with Crippen LogP contribution in [0, 0.1) is 0 Å². The minimum Gasteiger partial charge on any atom is -0.497 e. The molecule has 0 aliphatic carbocycles. The largest absolute Gasteiger partial charge is 0.497 e. The zero-order chi connectivity index (χ0) is 15.2. The molecule has 0 aliphatic heterocycles. The first-order valence-electron chi connectivity index (χ1n) is 6.43. The second-order valence-electron chi connectivity index (χ2n) is 5.38. The number of amides is 1. The summed E-state index contributed by atoms with van der Waals surface area (Å²) < 4.78 is 10.3. The van der Waals surface area contributed by atoms with Crippen LogP contribution in [0.4, 0.5) is 4.79 Å². The highest BCUT2D eigenvalue weighted by atomic mass is 16.6. The SMILES string of the molecule is COc1cccc(C(CC=O)NC(=O)OC(C)(C)C)c1. The van der Waals surface area contributed by atoms with E-state index in [1.807, 2.05) is 12.1 Å². The lowest BCUT2D eigenvalue weighted by atomic mass is 10.0. The Kier molecular flexibility index (Phi) is 5.55. The first-order valence-corrected chi connectivity index (χ1v) is 6.43. The molecule has 1 N–H and O–H groups in total. The minimum absolute atomic E-state index is 0.173. The molecule has 0 aromatic heterocycles. The van der Waals surface area contributed by atoms with Gasteiger partial charge in [0.2, 0.25) is 0 Å². The van der Waals surface area contributed by atoms with Crippen molar-refractivity contribution in [3.8, 4) is 5.75 Å². The van der Waals surface area contributed by atoms with E-state index in [0.717, 1.165) is 11.8 Å². The molecule has 1 atom stereocenters. The number of carbonyl (C=O) groups excluding carboxylic acids is 2. The highest BCUT2D eigenvalue weighted by Crippen LogP contribution is 2.21. The van der Waals surface area contributed by atoms with Crippen molar-refractivity contribution in [3.63, 3.8) is 0 Å². The van der Waals surface area contributed by atoms with E-state index >= 15 is 0 Å². The second-order valence-corrected chi connectivity index (χ2v) is 5.38. The van der Waals surface area contributed by atoms with E-state index in [4.69, 9.17) is 9.47 Å². The van der Waals surface area contributed by atoms with Gasteiger partial charge in [-0.3, -0.25) is 0 Å². The molecule has 0 spiro atoms. The fourth-order valence-corrected chi connectivity index (χ4v) is 1.68. The van der Waals surface area contributed by atoms with Gasteiger partial charge in [0.25, 0.3) is 0 Å². The van der Waals surface area contributed by atoms with Crippen LogP contribution in [0.25, 0.3) is 0 Å². The summed E-state index contributed by atoms with van der Waals surface area (Å²) in [5.41, 5.74) is 0.215. The van der Waals surface area contributed by atoms with Crippen molar-refractivity contribution in [3.05, 3.63) is 29.8 Å². The fourth-order valence-electron chi connectivity index (χ4n) is 1.68. The van der Waals surface area contributed by atoms with Crippen molar-refractivity contribution in [2.24, 2.45) is 0 Å². The lowest BCUT2D eigenvalue weighted by molar-refractivity contribution is -0.108. The van der Waals surface area contributed by atoms with Crippen LogP contribution in [-0.4, -0.2) is 25.1 Å². The third-order valence-electron chi connectivity index (χ3n) is 2.52. The Bertz CT molecular complexity index is 465. The molecule has 0 bridgehead atoms. The van der Waals surface area contributed by atoms with Crippen molar-refractivity contribution in [2.45, 2.75) is 38.8 Å². The van der Waals surface area contributed by atoms with Crippen molar-refractivity contribution in [1.82, 2.24) is 5.32 Å². The Hall–Kier alpha value is -2.04. The summed E-state index contributed by atoms with van der Waals surface area (Å²) >= 11 is 0. The summed E-state index contributed by atoms with van der Waals surface area (Å²) in [6.45, 7) is 5.35. The molecule has 20 heavy (non-hydrogen) atoms. The first kappa shape index (κ1) is 16.0. The lowest BCUT2D eigenvalue weighted by Gasteiger charge is -2.23. The number of hydrogen-bond acceptors (Lipinski definition) is 4. The fraction of sp³-hybridized carbons (Fsp3) is 0.467. The van der Waals surface area contributed by atoms with Gasteiger partial charge in [0.15, 0.2) is 0 Å². The Morgan fingerprint density at radius 1 is 1.40 bits per heavy atom. The number of ether oxygens (including phenoxy) is 2. The van der Waals surface area contributed by atoms with Crippen LogP contribution in [0.5, 0.6) is 5.75 Å². The number of methoxy groups -OCH3 is 1. The molecule has 1 aromatic rings. The summed E-state index contributed by atoms with van der Waals surface area (Å²) in [6.07, 6.45) is 0.389. The van der Waals surface area contributed by atoms with Gasteiger partial charge in [-0.2, -0.15) is 0 Å². The Morgan fingerprint density at radius 2 is 2.10 bits per heavy atom. The zero-order valence-corrected chi connectivity index (χ0v) is 12.3. The topological polar surface area (TPSA) is 64.6 Å². The van der Waals surface area contributed by atoms with E-state index in [1.165, 1.54) is 0 Å². The third-order valence-corrected chi connectivity index (χ3v) is 2.52. The van der Waals surface area contributed by atoms with Gasteiger partial charge in [0, 0.05) is 6.42 Å². The smallest absolute Gasteiger partial charge is 0.408 e. The van der Waals surface area contributed by atoms with Crippen LogP contribution in [0.3, 0.4) is 0 Å². The molecular weight excluding hydrogens is 258 g/mol. The number of alkyl carbamates (subject to hydrolysis) is 1. The van der Waals surface area contributed by atoms with Gasteiger partial charge in [0.05, 0.1) is 13.2 Å². The molecule has 1 amide bonds. The van der Waals surface area contributed by atoms with Crippen LogP contribution >= 0.6 is 0 Å². The molecule has 5 nitrogen and oxygen atoms in total. The van der Waals surface area contributed by atoms with Crippen LogP contribution < -0.4 is 10.1 Å². The van der Waals surface area contributed by atoms with Gasteiger partial charge >= 0.3 is 6.09 Å². The predicted octanol–water partition coefficient (Wildman–Crippen LogP) is 2.85. The summed E-state index contributed by atoms with van der Waals surface area (Å²) in [6, 6.07) is 6.79. The predicted molar refractivity (Wildman–Crippen MR) is 75.8 cm³/mol. The number of nitrogens with one attached hydrogen (secondary N) is 1. The maximum Gasteiger partial charge on any atom is 0.408 e. The van der Waals surface area contributed by atoms with Crippen LogP contribution in [-0.2, 0) is 9.53 Å². The monoisotopic (exact) mass is 279 g/mol. The van der Waals surface area contributed by atoms with E-state index in [9.17, 15) is 9.59 Å². The molecule has 0 fully saturated rings. The Labute approximate surface area is 119 Å². The van der Waals surface area contributed by atoms with E-state index in [-0.39, 0.29) is 6.42 Å². The highest BCUT2D eigenvalue weighted by Gasteiger charge is 2.20. The lowest BCUT2D eigenvalue weighted by Crippen LogP contribution is -2.35. The first-order chi connectivity index (χ1) is 9.35. The van der Waals surface area contributed by atoms with E-state index in [2.05, 4.69) is 5.32 Å². The molecule has 1 aromatic carbocycles. The molecule has 0 heterocycles. The van der Waals surface area contributed by atoms with Gasteiger partial charge in [-0.25, -0.2) is 4.79 Å². The van der Waals surface area contributed by atoms with Gasteiger partial charge in [0.1, 0.15) is 17.6 Å². The molecule has 0 radical (unpaired) electrons. The van der Waals surface area contributed by atoms with Gasteiger partial charge in [-0.15, -0.1) is 0 Å². The molecule has 110 valence electrons.